The zero-order valence-electron chi connectivity index (χ0n) is 22.5. The summed E-state index contributed by atoms with van der Waals surface area (Å²) in [7, 11) is -1.25. The van der Waals surface area contributed by atoms with E-state index in [9.17, 15) is 18.5 Å². The van der Waals surface area contributed by atoms with Gasteiger partial charge in [0.2, 0.25) is 15.9 Å². The van der Waals surface area contributed by atoms with Crippen LogP contribution in [0.5, 0.6) is 23.0 Å². The van der Waals surface area contributed by atoms with Crippen LogP contribution in [0.15, 0.2) is 83.8 Å². The van der Waals surface area contributed by atoms with Gasteiger partial charge in [-0.25, -0.2) is 13.1 Å². The van der Waals surface area contributed by atoms with E-state index in [-0.39, 0.29) is 45.6 Å². The fourth-order valence-corrected chi connectivity index (χ4v) is 5.55. The number of anilines is 1. The molecule has 12 heteroatoms. The highest BCUT2D eigenvalue weighted by atomic mass is 35.5. The van der Waals surface area contributed by atoms with E-state index in [1.807, 2.05) is 6.07 Å². The van der Waals surface area contributed by atoms with Crippen LogP contribution in [-0.2, 0) is 27.8 Å². The van der Waals surface area contributed by atoms with E-state index >= 15 is 0 Å². The summed E-state index contributed by atoms with van der Waals surface area (Å²) in [4.78, 5) is 12.5. The number of sulfonamides is 1. The number of nitrogens with zero attached hydrogens (tertiary/aromatic N) is 1. The molecule has 0 saturated carbocycles. The molecule has 0 aliphatic rings. The summed E-state index contributed by atoms with van der Waals surface area (Å²) in [5.41, 5.74) is 1.62. The van der Waals surface area contributed by atoms with Gasteiger partial charge in [0.1, 0.15) is 27.9 Å². The van der Waals surface area contributed by atoms with Crippen molar-refractivity contribution in [1.29, 1.82) is 5.26 Å². The monoisotopic (exact) mass is 625 g/mol. The Hall–Kier alpha value is -4.27. The molecule has 4 aromatic rings. The lowest BCUT2D eigenvalue weighted by Crippen LogP contribution is -2.24. The number of nitrogens with one attached hydrogen (secondary N) is 2. The largest absolute Gasteiger partial charge is 0.497 e. The molecule has 0 aliphatic heterocycles. The Balaban J connectivity index is 1.66. The lowest BCUT2D eigenvalue weighted by atomic mass is 10.1. The molecular weight excluding hydrogens is 601 g/mol. The quantitative estimate of drug-likeness (QED) is 0.199. The van der Waals surface area contributed by atoms with Crippen molar-refractivity contribution in [3.05, 3.63) is 106 Å². The van der Waals surface area contributed by atoms with Crippen LogP contribution in [0.2, 0.25) is 10.0 Å². The molecule has 42 heavy (non-hydrogen) atoms. The Labute approximate surface area is 253 Å². The Kier molecular flexibility index (Phi) is 9.93. The lowest BCUT2D eigenvalue weighted by Gasteiger charge is -2.16. The molecule has 0 aliphatic carbocycles. The van der Waals surface area contributed by atoms with Crippen molar-refractivity contribution in [3.8, 4) is 29.1 Å². The molecule has 4 rings (SSSR count). The van der Waals surface area contributed by atoms with Crippen LogP contribution >= 0.6 is 23.2 Å². The number of nitriles is 1. The zero-order valence-corrected chi connectivity index (χ0v) is 24.8. The number of hydrogen-bond donors (Lipinski definition) is 2. The van der Waals surface area contributed by atoms with Gasteiger partial charge in [0.25, 0.3) is 0 Å². The van der Waals surface area contributed by atoms with Crippen molar-refractivity contribution in [1.82, 2.24) is 4.72 Å². The van der Waals surface area contributed by atoms with Gasteiger partial charge in [-0.1, -0.05) is 47.5 Å². The number of hydrogen-bond acceptors (Lipinski definition) is 7. The van der Waals surface area contributed by atoms with Crippen molar-refractivity contribution in [3.63, 3.8) is 0 Å². The summed E-state index contributed by atoms with van der Waals surface area (Å²) in [5, 5.41) is 12.7. The summed E-state index contributed by atoms with van der Waals surface area (Å²) in [6.07, 6.45) is -0.0189. The van der Waals surface area contributed by atoms with Crippen LogP contribution in [0.25, 0.3) is 0 Å². The Morgan fingerprint density at radius 3 is 2.38 bits per heavy atom. The molecule has 0 saturated heterocycles. The van der Waals surface area contributed by atoms with Gasteiger partial charge in [-0.05, 0) is 54.1 Å². The third kappa shape index (κ3) is 7.72. The number of amides is 1. The maximum Gasteiger partial charge on any atom is 0.244 e. The van der Waals surface area contributed by atoms with Crippen molar-refractivity contribution < 1.29 is 27.4 Å². The van der Waals surface area contributed by atoms with Crippen LogP contribution in [0.3, 0.4) is 0 Å². The van der Waals surface area contributed by atoms with Gasteiger partial charge in [-0.15, -0.1) is 0 Å². The van der Waals surface area contributed by atoms with E-state index in [2.05, 4.69) is 10.0 Å². The van der Waals surface area contributed by atoms with E-state index in [0.29, 0.717) is 27.6 Å². The van der Waals surface area contributed by atoms with E-state index < -0.39 is 15.9 Å². The average molecular weight is 627 g/mol. The minimum atomic E-state index is -4.23. The van der Waals surface area contributed by atoms with Gasteiger partial charge < -0.3 is 19.5 Å². The predicted octanol–water partition coefficient (Wildman–Crippen LogP) is 6.33. The minimum Gasteiger partial charge on any atom is -0.497 e. The first-order valence-electron chi connectivity index (χ1n) is 12.4. The lowest BCUT2D eigenvalue weighted by molar-refractivity contribution is -0.115. The molecule has 216 valence electrons. The van der Waals surface area contributed by atoms with Crippen molar-refractivity contribution in [2.75, 3.05) is 19.5 Å². The number of halogens is 2. The SMILES string of the molecule is COc1ccc(CNS(=O)(=O)c2cc(NC(=O)Cc3ccccc3Cl)ccc2Oc2cc(Cl)cc(C#N)c2)c(OC)c1. The smallest absolute Gasteiger partial charge is 0.244 e. The van der Waals surface area contributed by atoms with Gasteiger partial charge in [-0.2, -0.15) is 5.26 Å². The fraction of sp³-hybridized carbons (Fsp3) is 0.133. The number of rotatable bonds is 11. The molecule has 4 aromatic carbocycles. The number of ether oxygens (including phenoxy) is 3. The second-order valence-corrected chi connectivity index (χ2v) is 11.4. The Bertz CT molecular complexity index is 1770. The van der Waals surface area contributed by atoms with E-state index in [0.717, 1.165) is 0 Å². The normalized spacial score (nSPS) is 10.9. The van der Waals surface area contributed by atoms with E-state index in [1.165, 1.54) is 50.6 Å². The maximum absolute atomic E-state index is 13.6. The Morgan fingerprint density at radius 2 is 1.67 bits per heavy atom. The van der Waals surface area contributed by atoms with Crippen LogP contribution in [0, 0.1) is 11.3 Å². The molecule has 0 aromatic heterocycles. The second-order valence-electron chi connectivity index (χ2n) is 8.87. The van der Waals surface area contributed by atoms with Crippen molar-refractivity contribution >= 4 is 44.8 Å². The summed E-state index contributed by atoms with van der Waals surface area (Å²) < 4.78 is 46.3. The molecule has 0 radical (unpaired) electrons. The number of carbonyl (C=O) groups is 1. The van der Waals surface area contributed by atoms with Crippen molar-refractivity contribution in [2.24, 2.45) is 0 Å². The molecule has 0 bridgehead atoms. The number of benzene rings is 4. The fourth-order valence-electron chi connectivity index (χ4n) is 3.96. The summed E-state index contributed by atoms with van der Waals surface area (Å²) >= 11 is 12.3. The molecule has 0 atom stereocenters. The molecule has 0 fully saturated rings. The third-order valence-corrected chi connectivity index (χ3v) is 8.01. The topological polar surface area (TPSA) is 127 Å². The van der Waals surface area contributed by atoms with Gasteiger partial charge in [0, 0.05) is 33.9 Å². The van der Waals surface area contributed by atoms with Gasteiger partial charge in [-0.3, -0.25) is 4.79 Å². The third-order valence-electron chi connectivity index (χ3n) is 6.00. The highest BCUT2D eigenvalue weighted by Crippen LogP contribution is 2.34. The molecule has 9 nitrogen and oxygen atoms in total. The maximum atomic E-state index is 13.6. The van der Waals surface area contributed by atoms with Crippen LogP contribution in [0.1, 0.15) is 16.7 Å². The van der Waals surface area contributed by atoms with Crippen molar-refractivity contribution in [2.45, 2.75) is 17.9 Å². The summed E-state index contributed by atoms with van der Waals surface area (Å²) in [5.74, 6) is 0.677. The van der Waals surface area contributed by atoms with Gasteiger partial charge in [0.05, 0.1) is 32.3 Å². The molecule has 1 amide bonds. The van der Waals surface area contributed by atoms with Gasteiger partial charge >= 0.3 is 0 Å². The van der Waals surface area contributed by atoms with Crippen LogP contribution in [-0.4, -0.2) is 28.5 Å². The standard InChI is InChI=1S/C30H25Cl2N3O6S/c1-39-24-9-7-21(28(16-24)40-2)18-34-42(37,38)29-15-23(35-30(36)13-20-5-3-4-6-26(20)32)8-10-27(29)41-25-12-19(17-33)11-22(31)14-25/h3-12,14-16,34H,13,18H2,1-2H3,(H,35,36). The van der Waals surface area contributed by atoms with E-state index in [4.69, 9.17) is 37.4 Å². The molecule has 0 unspecified atom stereocenters. The average Bonchev–Trinajstić information content (AvgIpc) is 2.97. The zero-order chi connectivity index (χ0) is 30.3. The van der Waals surface area contributed by atoms with Crippen LogP contribution in [0.4, 0.5) is 5.69 Å². The number of methoxy groups -OCH3 is 2. The summed E-state index contributed by atoms with van der Waals surface area (Å²) in [6.45, 7) is -0.117. The van der Waals surface area contributed by atoms with E-state index in [1.54, 1.807) is 42.5 Å². The predicted molar refractivity (Wildman–Crippen MR) is 160 cm³/mol. The first-order chi connectivity index (χ1) is 20.1. The van der Waals surface area contributed by atoms with Gasteiger partial charge in [0.15, 0.2) is 0 Å². The molecule has 0 spiro atoms. The van der Waals surface area contributed by atoms with Crippen LogP contribution < -0.4 is 24.2 Å². The molecule has 0 heterocycles. The highest BCUT2D eigenvalue weighted by molar-refractivity contribution is 7.89. The first kappa shape index (κ1) is 30.7. The first-order valence-corrected chi connectivity index (χ1v) is 14.6. The Morgan fingerprint density at radius 1 is 0.881 bits per heavy atom. The number of carbonyl (C=O) groups excluding carboxylic acids is 1. The second kappa shape index (κ2) is 13.6. The highest BCUT2D eigenvalue weighted by Gasteiger charge is 2.23. The molecule has 2 N–H and O–H groups in total. The minimum absolute atomic E-state index is 0.0189. The molecular formula is C30H25Cl2N3O6S. The summed E-state index contributed by atoms with van der Waals surface area (Å²) in [6, 6.07) is 22.4.